The summed E-state index contributed by atoms with van der Waals surface area (Å²) < 4.78 is 12.2. The molecule has 0 spiro atoms. The van der Waals surface area contributed by atoms with E-state index in [4.69, 9.17) is 14.9 Å². The van der Waals surface area contributed by atoms with Gasteiger partial charge in [0.25, 0.3) is 0 Å². The lowest BCUT2D eigenvalue weighted by molar-refractivity contribution is -0.142. The van der Waals surface area contributed by atoms with Crippen molar-refractivity contribution in [3.63, 3.8) is 0 Å². The van der Waals surface area contributed by atoms with Crippen LogP contribution in [0.25, 0.3) is 11.1 Å². The van der Waals surface area contributed by atoms with Crippen molar-refractivity contribution in [2.24, 2.45) is 12.8 Å². The topological polar surface area (TPSA) is 90.7 Å². The SMILES string of the molecule is C[C@@H]1CN(Cc2ccc3c(c2)oc(=O)n3C)C[C@@H](C(N)=O)O1. The average molecular weight is 305 g/mol. The number of oxazole rings is 1. The van der Waals surface area contributed by atoms with E-state index in [1.807, 2.05) is 25.1 Å². The molecule has 3 rings (SSSR count). The zero-order chi connectivity index (χ0) is 15.9. The Morgan fingerprint density at radius 3 is 2.91 bits per heavy atom. The molecule has 2 atom stereocenters. The summed E-state index contributed by atoms with van der Waals surface area (Å²) >= 11 is 0. The van der Waals surface area contributed by atoms with Gasteiger partial charge in [-0.2, -0.15) is 0 Å². The Bertz CT molecular complexity index is 764. The first kappa shape index (κ1) is 14.8. The van der Waals surface area contributed by atoms with Crippen molar-refractivity contribution in [3.05, 3.63) is 34.3 Å². The molecule has 1 saturated heterocycles. The van der Waals surface area contributed by atoms with Crippen molar-refractivity contribution < 1.29 is 13.9 Å². The first-order chi connectivity index (χ1) is 10.4. The van der Waals surface area contributed by atoms with Gasteiger partial charge in [-0.15, -0.1) is 0 Å². The minimum absolute atomic E-state index is 0.0513. The highest BCUT2D eigenvalue weighted by Gasteiger charge is 2.28. The fourth-order valence-corrected chi connectivity index (χ4v) is 2.86. The number of carbonyl (C=O) groups is 1. The number of morpholine rings is 1. The third kappa shape index (κ3) is 2.77. The molecular formula is C15H19N3O4. The molecule has 1 amide bonds. The van der Waals surface area contributed by atoms with Gasteiger partial charge in [0.15, 0.2) is 5.58 Å². The Balaban J connectivity index is 1.80. The number of fused-ring (bicyclic) bond motifs is 1. The maximum absolute atomic E-state index is 11.5. The Morgan fingerprint density at radius 2 is 2.18 bits per heavy atom. The molecule has 0 unspecified atom stereocenters. The van der Waals surface area contributed by atoms with Gasteiger partial charge in [-0.1, -0.05) is 6.07 Å². The first-order valence-electron chi connectivity index (χ1n) is 7.19. The van der Waals surface area contributed by atoms with Crippen molar-refractivity contribution in [3.8, 4) is 0 Å². The average Bonchev–Trinajstić information content (AvgIpc) is 2.73. The van der Waals surface area contributed by atoms with Crippen LogP contribution in [-0.4, -0.2) is 40.7 Å². The van der Waals surface area contributed by atoms with Crippen LogP contribution >= 0.6 is 0 Å². The normalized spacial score (nSPS) is 23.0. The van der Waals surface area contributed by atoms with Gasteiger partial charge in [-0.25, -0.2) is 4.79 Å². The van der Waals surface area contributed by atoms with Gasteiger partial charge in [0.2, 0.25) is 5.91 Å². The lowest BCUT2D eigenvalue weighted by Gasteiger charge is -2.35. The number of amides is 1. The minimum atomic E-state index is -0.581. The van der Waals surface area contributed by atoms with Gasteiger partial charge >= 0.3 is 5.76 Å². The van der Waals surface area contributed by atoms with Crippen molar-refractivity contribution in [2.75, 3.05) is 13.1 Å². The monoisotopic (exact) mass is 305 g/mol. The summed E-state index contributed by atoms with van der Waals surface area (Å²) in [7, 11) is 1.68. The number of hydrogen-bond donors (Lipinski definition) is 1. The van der Waals surface area contributed by atoms with Gasteiger partial charge in [0.05, 0.1) is 11.6 Å². The predicted molar refractivity (Wildman–Crippen MR) is 80.3 cm³/mol. The number of benzene rings is 1. The van der Waals surface area contributed by atoms with Crippen molar-refractivity contribution >= 4 is 17.0 Å². The van der Waals surface area contributed by atoms with E-state index in [0.29, 0.717) is 18.7 Å². The van der Waals surface area contributed by atoms with E-state index < -0.39 is 12.0 Å². The molecule has 1 aliphatic heterocycles. The van der Waals surface area contributed by atoms with Crippen LogP contribution in [0.2, 0.25) is 0 Å². The minimum Gasteiger partial charge on any atom is -0.408 e. The molecule has 1 aromatic carbocycles. The van der Waals surface area contributed by atoms with Crippen LogP contribution in [-0.2, 0) is 23.1 Å². The van der Waals surface area contributed by atoms with Crippen molar-refractivity contribution in [1.29, 1.82) is 0 Å². The summed E-state index contributed by atoms with van der Waals surface area (Å²) in [6, 6.07) is 5.68. The number of aromatic nitrogens is 1. The quantitative estimate of drug-likeness (QED) is 0.875. The Hall–Kier alpha value is -2.12. The van der Waals surface area contributed by atoms with Crippen LogP contribution in [0.1, 0.15) is 12.5 Å². The fourth-order valence-electron chi connectivity index (χ4n) is 2.86. The Morgan fingerprint density at radius 1 is 1.41 bits per heavy atom. The standard InChI is InChI=1S/C15H19N3O4/c1-9-6-18(8-13(21-9)14(16)19)7-10-3-4-11-12(5-10)22-15(20)17(11)2/h3-5,9,13H,6-8H2,1-2H3,(H2,16,19)/t9-,13+/m1/s1. The van der Waals surface area contributed by atoms with Crippen molar-refractivity contribution in [1.82, 2.24) is 9.47 Å². The maximum Gasteiger partial charge on any atom is 0.419 e. The number of carbonyl (C=O) groups excluding carboxylic acids is 1. The smallest absolute Gasteiger partial charge is 0.408 e. The molecule has 0 saturated carbocycles. The molecule has 1 aromatic heterocycles. The van der Waals surface area contributed by atoms with Gasteiger partial charge in [0, 0.05) is 26.7 Å². The number of rotatable bonds is 3. The second kappa shape index (κ2) is 5.58. The molecule has 22 heavy (non-hydrogen) atoms. The highest BCUT2D eigenvalue weighted by molar-refractivity contribution is 5.79. The number of primary amides is 1. The number of ether oxygens (including phenoxy) is 1. The summed E-state index contributed by atoms with van der Waals surface area (Å²) in [5.41, 5.74) is 7.68. The first-order valence-corrected chi connectivity index (χ1v) is 7.19. The Labute approximate surface area is 127 Å². The number of hydrogen-bond acceptors (Lipinski definition) is 5. The molecule has 0 aliphatic carbocycles. The summed E-state index contributed by atoms with van der Waals surface area (Å²) in [5.74, 6) is -0.818. The molecule has 7 heteroatoms. The molecule has 1 aliphatic rings. The van der Waals surface area contributed by atoms with Crippen LogP contribution in [0.3, 0.4) is 0 Å². The highest BCUT2D eigenvalue weighted by Crippen LogP contribution is 2.18. The van der Waals surface area contributed by atoms with Crippen LogP contribution in [0.5, 0.6) is 0 Å². The van der Waals surface area contributed by atoms with E-state index in [9.17, 15) is 9.59 Å². The summed E-state index contributed by atoms with van der Waals surface area (Å²) in [4.78, 5) is 25.0. The van der Waals surface area contributed by atoms with E-state index in [-0.39, 0.29) is 11.9 Å². The number of aryl methyl sites for hydroxylation is 1. The van der Waals surface area contributed by atoms with E-state index in [2.05, 4.69) is 4.90 Å². The van der Waals surface area contributed by atoms with E-state index in [0.717, 1.165) is 17.6 Å². The lowest BCUT2D eigenvalue weighted by Crippen LogP contribution is -2.51. The zero-order valence-corrected chi connectivity index (χ0v) is 12.6. The number of nitrogens with zero attached hydrogens (tertiary/aromatic N) is 2. The third-order valence-electron chi connectivity index (χ3n) is 3.92. The van der Waals surface area contributed by atoms with Crippen molar-refractivity contribution in [2.45, 2.75) is 25.7 Å². The molecule has 7 nitrogen and oxygen atoms in total. The molecule has 1 fully saturated rings. The molecule has 0 radical (unpaired) electrons. The van der Waals surface area contributed by atoms with Crippen LogP contribution < -0.4 is 11.5 Å². The lowest BCUT2D eigenvalue weighted by atomic mass is 10.1. The molecule has 2 N–H and O–H groups in total. The summed E-state index contributed by atoms with van der Waals surface area (Å²) in [6.45, 7) is 3.75. The highest BCUT2D eigenvalue weighted by atomic mass is 16.5. The van der Waals surface area contributed by atoms with E-state index in [1.165, 1.54) is 4.57 Å². The summed E-state index contributed by atoms with van der Waals surface area (Å²) in [6.07, 6.45) is -0.633. The van der Waals surface area contributed by atoms with Gasteiger partial charge in [-0.05, 0) is 24.6 Å². The number of nitrogens with two attached hydrogens (primary N) is 1. The molecule has 118 valence electrons. The van der Waals surface area contributed by atoms with Crippen LogP contribution in [0.4, 0.5) is 0 Å². The van der Waals surface area contributed by atoms with E-state index >= 15 is 0 Å². The summed E-state index contributed by atoms with van der Waals surface area (Å²) in [5, 5.41) is 0. The second-order valence-corrected chi connectivity index (χ2v) is 5.76. The van der Waals surface area contributed by atoms with Gasteiger partial charge < -0.3 is 14.9 Å². The molecular weight excluding hydrogens is 286 g/mol. The molecule has 2 heterocycles. The second-order valence-electron chi connectivity index (χ2n) is 5.76. The van der Waals surface area contributed by atoms with Gasteiger partial charge in [0.1, 0.15) is 6.10 Å². The van der Waals surface area contributed by atoms with Crippen LogP contribution in [0, 0.1) is 0 Å². The molecule has 0 bridgehead atoms. The largest absolute Gasteiger partial charge is 0.419 e. The third-order valence-corrected chi connectivity index (χ3v) is 3.92. The van der Waals surface area contributed by atoms with Crippen LogP contribution in [0.15, 0.2) is 27.4 Å². The Kier molecular flexibility index (Phi) is 3.76. The molecule has 2 aromatic rings. The fraction of sp³-hybridized carbons (Fsp3) is 0.467. The van der Waals surface area contributed by atoms with E-state index in [1.54, 1.807) is 7.05 Å². The zero-order valence-electron chi connectivity index (χ0n) is 12.6. The maximum atomic E-state index is 11.5. The predicted octanol–water partition coefficient (Wildman–Crippen LogP) is 0.206. The van der Waals surface area contributed by atoms with Gasteiger partial charge in [-0.3, -0.25) is 14.3 Å².